The van der Waals surface area contributed by atoms with Crippen LogP contribution in [-0.2, 0) is 24.3 Å². The molecule has 0 unspecified atom stereocenters. The molecule has 0 radical (unpaired) electrons. The maximum Gasteiger partial charge on any atom is 0.244 e. The number of benzene rings is 2. The predicted molar refractivity (Wildman–Crippen MR) is 124 cm³/mol. The van der Waals surface area contributed by atoms with Crippen LogP contribution in [0.1, 0.15) is 5.56 Å². The molecule has 32 heavy (non-hydrogen) atoms. The zero-order chi connectivity index (χ0) is 22.9. The summed E-state index contributed by atoms with van der Waals surface area (Å²) < 4.78 is 32.7. The van der Waals surface area contributed by atoms with Gasteiger partial charge in [0, 0.05) is 28.7 Å². The van der Waals surface area contributed by atoms with E-state index in [9.17, 15) is 18.0 Å². The number of carbonyl (C=O) groups excluding carboxylic acids is 2. The third kappa shape index (κ3) is 4.79. The van der Waals surface area contributed by atoms with Gasteiger partial charge in [0.15, 0.2) is 0 Å². The molecule has 170 valence electrons. The molecule has 4 rings (SSSR count). The normalized spacial score (nSPS) is 17.2. The first-order valence-electron chi connectivity index (χ1n) is 9.97. The second-order valence-corrected chi connectivity index (χ2v) is 10.8. The topological polar surface area (TPSA) is 96.0 Å². The molecule has 2 aliphatic rings. The first-order valence-corrected chi connectivity index (χ1v) is 12.8. The van der Waals surface area contributed by atoms with Crippen LogP contribution in [0, 0.1) is 6.92 Å². The SMILES string of the molecule is Cc1ccc(NC(=O)CN2C(=O)CSc3ccc(S(=O)(=O)N4CCOCC4)cc32)cc1Cl. The number of halogens is 1. The molecule has 0 bridgehead atoms. The third-order valence-corrected chi connectivity index (χ3v) is 8.59. The highest BCUT2D eigenvalue weighted by Crippen LogP contribution is 2.37. The van der Waals surface area contributed by atoms with Crippen molar-refractivity contribution in [3.05, 3.63) is 47.0 Å². The summed E-state index contributed by atoms with van der Waals surface area (Å²) in [7, 11) is -3.73. The van der Waals surface area contributed by atoms with Crippen LogP contribution in [0.15, 0.2) is 46.2 Å². The average molecular weight is 496 g/mol. The van der Waals surface area contributed by atoms with Crippen molar-refractivity contribution >= 4 is 56.6 Å². The molecule has 1 saturated heterocycles. The summed E-state index contributed by atoms with van der Waals surface area (Å²) in [5.41, 5.74) is 1.82. The van der Waals surface area contributed by atoms with Gasteiger partial charge in [0.05, 0.1) is 29.5 Å². The van der Waals surface area contributed by atoms with E-state index >= 15 is 0 Å². The van der Waals surface area contributed by atoms with Crippen LogP contribution in [0.5, 0.6) is 0 Å². The predicted octanol–water partition coefficient (Wildman–Crippen LogP) is 2.75. The fraction of sp³-hybridized carbons (Fsp3) is 0.333. The minimum atomic E-state index is -3.73. The Morgan fingerprint density at radius 3 is 2.66 bits per heavy atom. The van der Waals surface area contributed by atoms with E-state index in [1.165, 1.54) is 27.0 Å². The molecule has 2 aliphatic heterocycles. The highest BCUT2D eigenvalue weighted by molar-refractivity contribution is 8.00. The van der Waals surface area contributed by atoms with Gasteiger partial charge in [0.2, 0.25) is 21.8 Å². The van der Waals surface area contributed by atoms with Gasteiger partial charge in [-0.3, -0.25) is 9.59 Å². The number of aryl methyl sites for hydroxylation is 1. The number of thioether (sulfide) groups is 1. The summed E-state index contributed by atoms with van der Waals surface area (Å²) in [6.45, 7) is 2.86. The lowest BCUT2D eigenvalue weighted by molar-refractivity contribution is -0.120. The smallest absolute Gasteiger partial charge is 0.244 e. The number of nitrogens with zero attached hydrogens (tertiary/aromatic N) is 2. The maximum absolute atomic E-state index is 13.1. The summed E-state index contributed by atoms with van der Waals surface area (Å²) in [4.78, 5) is 27.5. The van der Waals surface area contributed by atoms with Crippen molar-refractivity contribution in [3.63, 3.8) is 0 Å². The Morgan fingerprint density at radius 2 is 1.94 bits per heavy atom. The van der Waals surface area contributed by atoms with Crippen molar-refractivity contribution in [3.8, 4) is 0 Å². The molecule has 0 spiro atoms. The molecule has 1 N–H and O–H groups in total. The summed E-state index contributed by atoms with van der Waals surface area (Å²) >= 11 is 7.44. The van der Waals surface area contributed by atoms with Crippen molar-refractivity contribution in [1.29, 1.82) is 0 Å². The molecule has 2 aromatic rings. The number of hydrogen-bond acceptors (Lipinski definition) is 6. The van der Waals surface area contributed by atoms with Crippen molar-refractivity contribution in [1.82, 2.24) is 4.31 Å². The highest BCUT2D eigenvalue weighted by Gasteiger charge is 2.31. The number of anilines is 2. The van der Waals surface area contributed by atoms with Gasteiger partial charge in [-0.25, -0.2) is 8.42 Å². The minimum absolute atomic E-state index is 0.0872. The largest absolute Gasteiger partial charge is 0.379 e. The molecule has 2 amide bonds. The molecule has 2 heterocycles. The summed E-state index contributed by atoms with van der Waals surface area (Å²) in [6.07, 6.45) is 0. The molecule has 2 aromatic carbocycles. The van der Waals surface area contributed by atoms with Crippen LogP contribution in [0.4, 0.5) is 11.4 Å². The first kappa shape index (κ1) is 23.1. The Labute approximate surface area is 195 Å². The number of hydrogen-bond donors (Lipinski definition) is 1. The maximum atomic E-state index is 13.1. The van der Waals surface area contributed by atoms with Crippen LogP contribution in [0.3, 0.4) is 0 Å². The molecular weight excluding hydrogens is 474 g/mol. The number of carbonyl (C=O) groups is 2. The van der Waals surface area contributed by atoms with Gasteiger partial charge in [-0.15, -0.1) is 11.8 Å². The number of rotatable bonds is 5. The molecule has 0 aromatic heterocycles. The number of nitrogens with one attached hydrogen (secondary N) is 1. The van der Waals surface area contributed by atoms with Crippen molar-refractivity contribution in [2.24, 2.45) is 0 Å². The second kappa shape index (κ2) is 9.40. The van der Waals surface area contributed by atoms with E-state index in [-0.39, 0.29) is 36.2 Å². The van der Waals surface area contributed by atoms with Gasteiger partial charge in [-0.2, -0.15) is 4.31 Å². The van der Waals surface area contributed by atoms with Crippen LogP contribution < -0.4 is 10.2 Å². The van der Waals surface area contributed by atoms with Crippen LogP contribution >= 0.6 is 23.4 Å². The van der Waals surface area contributed by atoms with E-state index in [1.807, 2.05) is 6.92 Å². The molecule has 0 atom stereocenters. The van der Waals surface area contributed by atoms with Gasteiger partial charge in [0.25, 0.3) is 0 Å². The molecule has 1 fully saturated rings. The Kier molecular flexibility index (Phi) is 6.78. The molecular formula is C21H22ClN3O5S2. The van der Waals surface area contributed by atoms with E-state index in [4.69, 9.17) is 16.3 Å². The Morgan fingerprint density at radius 1 is 1.19 bits per heavy atom. The van der Waals surface area contributed by atoms with Gasteiger partial charge < -0.3 is 15.0 Å². The van der Waals surface area contributed by atoms with Crippen LogP contribution in [-0.4, -0.2) is 63.1 Å². The van der Waals surface area contributed by atoms with Crippen molar-refractivity contribution in [2.45, 2.75) is 16.7 Å². The lowest BCUT2D eigenvalue weighted by atomic mass is 10.2. The zero-order valence-corrected chi connectivity index (χ0v) is 19.7. The van der Waals surface area contributed by atoms with E-state index in [2.05, 4.69) is 5.32 Å². The molecule has 0 saturated carbocycles. The first-order chi connectivity index (χ1) is 15.3. The number of fused-ring (bicyclic) bond motifs is 1. The molecule has 11 heteroatoms. The third-order valence-electron chi connectivity index (χ3n) is 5.24. The summed E-state index contributed by atoms with van der Waals surface area (Å²) in [6, 6.07) is 9.86. The van der Waals surface area contributed by atoms with E-state index in [0.29, 0.717) is 29.6 Å². The van der Waals surface area contributed by atoms with Crippen LogP contribution in [0.2, 0.25) is 5.02 Å². The zero-order valence-electron chi connectivity index (χ0n) is 17.3. The Bertz CT molecular complexity index is 1170. The van der Waals surface area contributed by atoms with Gasteiger partial charge in [-0.05, 0) is 42.8 Å². The standard InChI is InChI=1S/C21H22ClN3O5S2/c1-14-2-3-15(10-17(14)22)23-20(26)12-25-18-11-16(4-5-19(18)31-13-21(25)27)32(28,29)24-6-8-30-9-7-24/h2-5,10-11H,6-9,12-13H2,1H3,(H,23,26). The lowest BCUT2D eigenvalue weighted by Crippen LogP contribution is -2.42. The van der Waals surface area contributed by atoms with E-state index in [0.717, 1.165) is 10.5 Å². The number of ether oxygens (including phenoxy) is 1. The van der Waals surface area contributed by atoms with Crippen molar-refractivity contribution in [2.75, 3.05) is 48.8 Å². The van der Waals surface area contributed by atoms with Crippen LogP contribution in [0.25, 0.3) is 0 Å². The van der Waals surface area contributed by atoms with Gasteiger partial charge in [0.1, 0.15) is 6.54 Å². The monoisotopic (exact) mass is 495 g/mol. The lowest BCUT2D eigenvalue weighted by Gasteiger charge is -2.30. The quantitative estimate of drug-likeness (QED) is 0.685. The van der Waals surface area contributed by atoms with Gasteiger partial charge >= 0.3 is 0 Å². The molecule has 8 nitrogen and oxygen atoms in total. The minimum Gasteiger partial charge on any atom is -0.379 e. The Balaban J connectivity index is 1.58. The average Bonchev–Trinajstić information content (AvgIpc) is 2.78. The highest BCUT2D eigenvalue weighted by atomic mass is 35.5. The van der Waals surface area contributed by atoms with E-state index in [1.54, 1.807) is 30.3 Å². The Hall–Kier alpha value is -2.11. The van der Waals surface area contributed by atoms with E-state index < -0.39 is 15.9 Å². The number of morpholine rings is 1. The fourth-order valence-corrected chi connectivity index (χ4v) is 5.99. The van der Waals surface area contributed by atoms with Gasteiger partial charge in [-0.1, -0.05) is 17.7 Å². The number of sulfonamides is 1. The second-order valence-electron chi connectivity index (χ2n) is 7.43. The number of amides is 2. The summed E-state index contributed by atoms with van der Waals surface area (Å²) in [5, 5.41) is 3.27. The van der Waals surface area contributed by atoms with Crippen molar-refractivity contribution < 1.29 is 22.7 Å². The molecule has 0 aliphatic carbocycles. The summed E-state index contributed by atoms with van der Waals surface area (Å²) in [5.74, 6) is -0.496. The fourth-order valence-electron chi connectivity index (χ4n) is 3.47.